The van der Waals surface area contributed by atoms with Crippen LogP contribution >= 0.6 is 12.4 Å². The lowest BCUT2D eigenvalue weighted by Crippen LogP contribution is -2.55. The molecule has 2 rings (SSSR count). The number of aromatic nitrogens is 1. The number of hydrogen-bond acceptors (Lipinski definition) is 3. The maximum absolute atomic E-state index is 12.1. The zero-order valence-electron chi connectivity index (χ0n) is 11.5. The Morgan fingerprint density at radius 2 is 2.05 bits per heavy atom. The largest absolute Gasteiger partial charge is 0.340 e. The minimum atomic E-state index is 0. The third kappa shape index (κ3) is 4.80. The average molecular weight is 284 g/mol. The van der Waals surface area contributed by atoms with Crippen molar-refractivity contribution in [3.8, 4) is 0 Å². The van der Waals surface area contributed by atoms with Gasteiger partial charge in [-0.3, -0.25) is 9.78 Å². The number of halogens is 1. The Morgan fingerprint density at radius 1 is 1.37 bits per heavy atom. The highest BCUT2D eigenvalue weighted by molar-refractivity contribution is 5.85. The van der Waals surface area contributed by atoms with Crippen LogP contribution in [0.5, 0.6) is 0 Å². The number of pyridine rings is 1. The lowest BCUT2D eigenvalue weighted by atomic mass is 10.1. The number of piperazine rings is 1. The van der Waals surface area contributed by atoms with E-state index in [1.165, 1.54) is 0 Å². The van der Waals surface area contributed by atoms with Crippen LogP contribution in [0.4, 0.5) is 0 Å². The van der Waals surface area contributed by atoms with Crippen molar-refractivity contribution >= 4 is 18.3 Å². The minimum Gasteiger partial charge on any atom is -0.340 e. The van der Waals surface area contributed by atoms with Crippen LogP contribution in [0, 0.1) is 0 Å². The number of rotatable bonds is 3. The first kappa shape index (κ1) is 15.9. The van der Waals surface area contributed by atoms with Gasteiger partial charge in [-0.15, -0.1) is 12.4 Å². The SMILES string of the molecule is CC1CN(C(=O)CCc2ccccn2)CC(C)N1.Cl. The molecular formula is C14H22ClN3O. The van der Waals surface area contributed by atoms with Crippen molar-refractivity contribution in [1.29, 1.82) is 0 Å². The Labute approximate surface area is 121 Å². The predicted octanol–water partition coefficient (Wildman–Crippen LogP) is 1.64. The van der Waals surface area contributed by atoms with Gasteiger partial charge >= 0.3 is 0 Å². The number of carbonyl (C=O) groups excluding carboxylic acids is 1. The fourth-order valence-electron chi connectivity index (χ4n) is 2.47. The minimum absolute atomic E-state index is 0. The van der Waals surface area contributed by atoms with Crippen molar-refractivity contribution < 1.29 is 4.79 Å². The quantitative estimate of drug-likeness (QED) is 0.917. The number of aryl methyl sites for hydroxylation is 1. The van der Waals surface area contributed by atoms with Crippen molar-refractivity contribution in [3.63, 3.8) is 0 Å². The summed E-state index contributed by atoms with van der Waals surface area (Å²) in [6.07, 6.45) is 3.05. The van der Waals surface area contributed by atoms with Crippen LogP contribution in [-0.4, -0.2) is 41.0 Å². The summed E-state index contributed by atoms with van der Waals surface area (Å²) < 4.78 is 0. The lowest BCUT2D eigenvalue weighted by Gasteiger charge is -2.36. The van der Waals surface area contributed by atoms with E-state index in [-0.39, 0.29) is 18.3 Å². The zero-order valence-corrected chi connectivity index (χ0v) is 12.3. The monoisotopic (exact) mass is 283 g/mol. The topological polar surface area (TPSA) is 45.2 Å². The van der Waals surface area contributed by atoms with Crippen molar-refractivity contribution in [3.05, 3.63) is 30.1 Å². The van der Waals surface area contributed by atoms with Gasteiger partial charge in [-0.05, 0) is 32.4 Å². The normalized spacial score (nSPS) is 22.7. The van der Waals surface area contributed by atoms with Gasteiger partial charge < -0.3 is 10.2 Å². The molecule has 1 aromatic rings. The van der Waals surface area contributed by atoms with Crippen LogP contribution in [0.25, 0.3) is 0 Å². The van der Waals surface area contributed by atoms with Crippen molar-refractivity contribution in [1.82, 2.24) is 15.2 Å². The van der Waals surface area contributed by atoms with E-state index in [9.17, 15) is 4.79 Å². The molecule has 0 saturated carbocycles. The van der Waals surface area contributed by atoms with Crippen LogP contribution in [-0.2, 0) is 11.2 Å². The smallest absolute Gasteiger partial charge is 0.223 e. The molecule has 0 aliphatic carbocycles. The number of hydrogen-bond donors (Lipinski definition) is 1. The average Bonchev–Trinajstić information content (AvgIpc) is 2.36. The van der Waals surface area contributed by atoms with Crippen LogP contribution in [0.15, 0.2) is 24.4 Å². The summed E-state index contributed by atoms with van der Waals surface area (Å²) in [5.41, 5.74) is 0.988. The van der Waals surface area contributed by atoms with Crippen LogP contribution < -0.4 is 5.32 Å². The molecule has 0 spiro atoms. The van der Waals surface area contributed by atoms with E-state index < -0.39 is 0 Å². The highest BCUT2D eigenvalue weighted by Crippen LogP contribution is 2.08. The Balaban J connectivity index is 0.00000180. The molecule has 2 atom stereocenters. The molecule has 1 aliphatic rings. The first-order valence-corrected chi connectivity index (χ1v) is 6.59. The molecule has 0 radical (unpaired) electrons. The molecule has 4 nitrogen and oxygen atoms in total. The van der Waals surface area contributed by atoms with E-state index in [4.69, 9.17) is 0 Å². The Hall–Kier alpha value is -1.13. The van der Waals surface area contributed by atoms with Gasteiger partial charge in [0, 0.05) is 43.5 Å². The van der Waals surface area contributed by atoms with E-state index in [1.807, 2.05) is 23.1 Å². The molecule has 19 heavy (non-hydrogen) atoms. The summed E-state index contributed by atoms with van der Waals surface area (Å²) in [5.74, 6) is 0.237. The molecule has 0 bridgehead atoms. The predicted molar refractivity (Wildman–Crippen MR) is 78.4 cm³/mol. The first-order chi connectivity index (χ1) is 8.65. The van der Waals surface area contributed by atoms with Gasteiger partial charge in [0.2, 0.25) is 5.91 Å². The van der Waals surface area contributed by atoms with Crippen molar-refractivity contribution in [2.75, 3.05) is 13.1 Å². The standard InChI is InChI=1S/C14H21N3O.ClH/c1-11-9-17(10-12(2)16-11)14(18)7-6-13-5-3-4-8-15-13;/h3-5,8,11-12,16H,6-7,9-10H2,1-2H3;1H. The van der Waals surface area contributed by atoms with Crippen molar-refractivity contribution in [2.24, 2.45) is 0 Å². The molecule has 1 N–H and O–H groups in total. The van der Waals surface area contributed by atoms with Gasteiger partial charge in [0.1, 0.15) is 0 Å². The number of amides is 1. The Bertz CT molecular complexity index is 389. The molecule has 1 saturated heterocycles. The van der Waals surface area contributed by atoms with Crippen LogP contribution in [0.1, 0.15) is 26.0 Å². The third-order valence-corrected chi connectivity index (χ3v) is 3.23. The molecule has 5 heteroatoms. The highest BCUT2D eigenvalue weighted by Gasteiger charge is 2.24. The second kappa shape index (κ2) is 7.46. The maximum Gasteiger partial charge on any atom is 0.223 e. The van der Waals surface area contributed by atoms with Gasteiger partial charge in [-0.1, -0.05) is 6.07 Å². The van der Waals surface area contributed by atoms with Gasteiger partial charge in [0.25, 0.3) is 0 Å². The molecule has 0 aromatic carbocycles. The van der Waals surface area contributed by atoms with E-state index >= 15 is 0 Å². The molecular weight excluding hydrogens is 262 g/mol. The highest BCUT2D eigenvalue weighted by atomic mass is 35.5. The fourth-order valence-corrected chi connectivity index (χ4v) is 2.47. The van der Waals surface area contributed by atoms with Gasteiger partial charge in [0.05, 0.1) is 0 Å². The summed E-state index contributed by atoms with van der Waals surface area (Å²) in [6.45, 7) is 5.86. The third-order valence-electron chi connectivity index (χ3n) is 3.23. The summed E-state index contributed by atoms with van der Waals surface area (Å²) in [5, 5.41) is 3.43. The molecule has 1 fully saturated rings. The van der Waals surface area contributed by atoms with E-state index in [0.717, 1.165) is 25.2 Å². The number of carbonyl (C=O) groups is 1. The fraction of sp³-hybridized carbons (Fsp3) is 0.571. The molecule has 1 aromatic heterocycles. The summed E-state index contributed by atoms with van der Waals surface area (Å²) in [4.78, 5) is 18.3. The van der Waals surface area contributed by atoms with Crippen molar-refractivity contribution in [2.45, 2.75) is 38.8 Å². The number of nitrogens with zero attached hydrogens (tertiary/aromatic N) is 2. The molecule has 2 unspecified atom stereocenters. The lowest BCUT2D eigenvalue weighted by molar-refractivity contribution is -0.132. The number of nitrogens with one attached hydrogen (secondary N) is 1. The molecule has 1 aliphatic heterocycles. The van der Waals surface area contributed by atoms with E-state index in [0.29, 0.717) is 18.5 Å². The van der Waals surface area contributed by atoms with E-state index in [2.05, 4.69) is 24.1 Å². The Morgan fingerprint density at radius 3 is 2.63 bits per heavy atom. The van der Waals surface area contributed by atoms with Gasteiger partial charge in [-0.2, -0.15) is 0 Å². The van der Waals surface area contributed by atoms with E-state index in [1.54, 1.807) is 6.20 Å². The van der Waals surface area contributed by atoms with Gasteiger partial charge in [-0.25, -0.2) is 0 Å². The summed E-state index contributed by atoms with van der Waals surface area (Å²) in [7, 11) is 0. The Kier molecular flexibility index (Phi) is 6.25. The molecule has 2 heterocycles. The molecule has 106 valence electrons. The zero-order chi connectivity index (χ0) is 13.0. The maximum atomic E-state index is 12.1. The second-order valence-corrected chi connectivity index (χ2v) is 5.09. The first-order valence-electron chi connectivity index (χ1n) is 6.59. The van der Waals surface area contributed by atoms with Crippen LogP contribution in [0.3, 0.4) is 0 Å². The second-order valence-electron chi connectivity index (χ2n) is 5.09. The summed E-state index contributed by atoms with van der Waals surface area (Å²) in [6, 6.07) is 6.59. The molecule has 1 amide bonds. The summed E-state index contributed by atoms with van der Waals surface area (Å²) >= 11 is 0. The van der Waals surface area contributed by atoms with Crippen LogP contribution in [0.2, 0.25) is 0 Å². The van der Waals surface area contributed by atoms with Gasteiger partial charge in [0.15, 0.2) is 0 Å².